The summed E-state index contributed by atoms with van der Waals surface area (Å²) in [4.78, 5) is 20.4. The Morgan fingerprint density at radius 3 is 3.00 bits per heavy atom. The predicted octanol–water partition coefficient (Wildman–Crippen LogP) is 1.77. The van der Waals surface area contributed by atoms with Gasteiger partial charge in [0.05, 0.1) is 17.7 Å². The first kappa shape index (κ1) is 14.7. The zero-order valence-corrected chi connectivity index (χ0v) is 11.6. The number of pyridine rings is 2. The van der Waals surface area contributed by atoms with Crippen molar-refractivity contribution in [3.05, 3.63) is 53.6 Å². The molecule has 0 fully saturated rings. The maximum atomic E-state index is 12.3. The largest absolute Gasteiger partial charge is 0.395 e. The lowest BCUT2D eigenvalue weighted by Crippen LogP contribution is -2.14. The molecule has 0 spiro atoms. The highest BCUT2D eigenvalue weighted by atomic mass is 16.2. The highest BCUT2D eigenvalue weighted by Crippen LogP contribution is 2.12. The van der Waals surface area contributed by atoms with Gasteiger partial charge in [-0.3, -0.25) is 14.8 Å². The Labute approximate surface area is 123 Å². The van der Waals surface area contributed by atoms with Crippen molar-refractivity contribution in [3.8, 4) is 11.8 Å². The third-order valence-electron chi connectivity index (χ3n) is 2.68. The Morgan fingerprint density at radius 2 is 2.24 bits per heavy atom. The SMILES string of the molecule is Cc1cc(NC(=O)c2ccncc2C#CCCO)ccn1. The van der Waals surface area contributed by atoms with Gasteiger partial charge in [-0.1, -0.05) is 11.8 Å². The van der Waals surface area contributed by atoms with Crippen molar-refractivity contribution in [3.63, 3.8) is 0 Å². The minimum absolute atomic E-state index is 0.00885. The zero-order valence-electron chi connectivity index (χ0n) is 11.6. The van der Waals surface area contributed by atoms with E-state index in [4.69, 9.17) is 5.11 Å². The van der Waals surface area contributed by atoms with Crippen LogP contribution in [0.2, 0.25) is 0 Å². The zero-order chi connectivity index (χ0) is 15.1. The van der Waals surface area contributed by atoms with Gasteiger partial charge < -0.3 is 10.4 Å². The van der Waals surface area contributed by atoms with Gasteiger partial charge in [-0.2, -0.15) is 0 Å². The number of aromatic nitrogens is 2. The van der Waals surface area contributed by atoms with E-state index >= 15 is 0 Å². The second-order valence-corrected chi connectivity index (χ2v) is 4.34. The molecule has 0 saturated heterocycles. The molecular formula is C16H15N3O2. The average molecular weight is 281 g/mol. The number of aliphatic hydroxyl groups excluding tert-OH is 1. The fraction of sp³-hybridized carbons (Fsp3) is 0.188. The third-order valence-corrected chi connectivity index (χ3v) is 2.68. The fourth-order valence-electron chi connectivity index (χ4n) is 1.73. The molecule has 0 unspecified atom stereocenters. The maximum absolute atomic E-state index is 12.3. The van der Waals surface area contributed by atoms with Crippen LogP contribution >= 0.6 is 0 Å². The van der Waals surface area contributed by atoms with Crippen LogP contribution in [0.1, 0.15) is 28.0 Å². The molecule has 2 aromatic heterocycles. The molecule has 0 bridgehead atoms. The van der Waals surface area contributed by atoms with Crippen LogP contribution in [0.4, 0.5) is 5.69 Å². The number of aliphatic hydroxyl groups is 1. The molecule has 0 aliphatic rings. The number of anilines is 1. The lowest BCUT2D eigenvalue weighted by Gasteiger charge is -2.07. The van der Waals surface area contributed by atoms with E-state index in [1.54, 1.807) is 30.6 Å². The Bertz CT molecular complexity index is 702. The van der Waals surface area contributed by atoms with Crippen LogP contribution in [-0.4, -0.2) is 27.6 Å². The highest BCUT2D eigenvalue weighted by Gasteiger charge is 2.10. The average Bonchev–Trinajstić information content (AvgIpc) is 2.48. The molecule has 5 heteroatoms. The van der Waals surface area contributed by atoms with Gasteiger partial charge in [0.1, 0.15) is 0 Å². The van der Waals surface area contributed by atoms with Crippen molar-refractivity contribution in [2.24, 2.45) is 0 Å². The number of carbonyl (C=O) groups is 1. The molecular weight excluding hydrogens is 266 g/mol. The number of nitrogens with one attached hydrogen (secondary N) is 1. The Balaban J connectivity index is 2.22. The smallest absolute Gasteiger partial charge is 0.257 e. The fourth-order valence-corrected chi connectivity index (χ4v) is 1.73. The van der Waals surface area contributed by atoms with Gasteiger partial charge in [0.15, 0.2) is 0 Å². The monoisotopic (exact) mass is 281 g/mol. The molecule has 0 saturated carbocycles. The number of rotatable bonds is 3. The van der Waals surface area contributed by atoms with Crippen molar-refractivity contribution in [1.82, 2.24) is 9.97 Å². The van der Waals surface area contributed by atoms with Crippen LogP contribution in [0.15, 0.2) is 36.8 Å². The lowest BCUT2D eigenvalue weighted by molar-refractivity contribution is 0.102. The van der Waals surface area contributed by atoms with Crippen molar-refractivity contribution < 1.29 is 9.90 Å². The summed E-state index contributed by atoms with van der Waals surface area (Å²) in [6.45, 7) is 1.85. The second kappa shape index (κ2) is 7.17. The first-order valence-electron chi connectivity index (χ1n) is 6.48. The van der Waals surface area contributed by atoms with Crippen molar-refractivity contribution in [2.45, 2.75) is 13.3 Å². The Hall–Kier alpha value is -2.71. The van der Waals surface area contributed by atoms with Gasteiger partial charge in [0.25, 0.3) is 5.91 Å². The van der Waals surface area contributed by atoms with E-state index in [1.165, 1.54) is 6.20 Å². The van der Waals surface area contributed by atoms with Gasteiger partial charge >= 0.3 is 0 Å². The van der Waals surface area contributed by atoms with E-state index in [1.807, 2.05) is 6.92 Å². The number of amides is 1. The first-order valence-corrected chi connectivity index (χ1v) is 6.48. The molecule has 2 rings (SSSR count). The summed E-state index contributed by atoms with van der Waals surface area (Å²) in [6, 6.07) is 5.13. The summed E-state index contributed by atoms with van der Waals surface area (Å²) in [6.07, 6.45) is 5.08. The molecule has 21 heavy (non-hydrogen) atoms. The number of aryl methyl sites for hydroxylation is 1. The summed E-state index contributed by atoms with van der Waals surface area (Å²) >= 11 is 0. The molecule has 2 aromatic rings. The molecule has 2 N–H and O–H groups in total. The molecule has 0 aliphatic carbocycles. The van der Waals surface area contributed by atoms with Gasteiger partial charge in [0, 0.05) is 36.4 Å². The molecule has 0 radical (unpaired) electrons. The minimum atomic E-state index is -0.253. The Kier molecular flexibility index (Phi) is 5.02. The van der Waals surface area contributed by atoms with Crippen LogP contribution in [0.3, 0.4) is 0 Å². The van der Waals surface area contributed by atoms with E-state index in [0.717, 1.165) is 5.69 Å². The topological polar surface area (TPSA) is 75.1 Å². The summed E-state index contributed by atoms with van der Waals surface area (Å²) in [5.74, 6) is 5.38. The number of hydrogen-bond acceptors (Lipinski definition) is 4. The number of nitrogens with zero attached hydrogens (tertiary/aromatic N) is 2. The second-order valence-electron chi connectivity index (χ2n) is 4.34. The van der Waals surface area contributed by atoms with Gasteiger partial charge in [-0.15, -0.1) is 0 Å². The molecule has 0 aromatic carbocycles. The molecule has 0 aliphatic heterocycles. The van der Waals surface area contributed by atoms with Gasteiger partial charge in [0.2, 0.25) is 0 Å². The summed E-state index contributed by atoms with van der Waals surface area (Å²) in [5.41, 5.74) is 2.49. The number of carbonyl (C=O) groups excluding carboxylic acids is 1. The summed E-state index contributed by atoms with van der Waals surface area (Å²) < 4.78 is 0. The quantitative estimate of drug-likeness (QED) is 0.841. The normalized spacial score (nSPS) is 9.62. The maximum Gasteiger partial charge on any atom is 0.257 e. The van der Waals surface area contributed by atoms with E-state index in [0.29, 0.717) is 23.2 Å². The Morgan fingerprint density at radius 1 is 1.38 bits per heavy atom. The van der Waals surface area contributed by atoms with Crippen LogP contribution in [0.5, 0.6) is 0 Å². The first-order chi connectivity index (χ1) is 10.2. The minimum Gasteiger partial charge on any atom is -0.395 e. The van der Waals surface area contributed by atoms with Crippen LogP contribution in [0, 0.1) is 18.8 Å². The van der Waals surface area contributed by atoms with Crippen LogP contribution in [0.25, 0.3) is 0 Å². The van der Waals surface area contributed by atoms with Crippen molar-refractivity contribution >= 4 is 11.6 Å². The van der Waals surface area contributed by atoms with Crippen LogP contribution in [-0.2, 0) is 0 Å². The number of hydrogen-bond donors (Lipinski definition) is 2. The van der Waals surface area contributed by atoms with Crippen molar-refractivity contribution in [1.29, 1.82) is 0 Å². The van der Waals surface area contributed by atoms with E-state index in [9.17, 15) is 4.79 Å². The van der Waals surface area contributed by atoms with Crippen molar-refractivity contribution in [2.75, 3.05) is 11.9 Å². The third kappa shape index (κ3) is 4.13. The van der Waals surface area contributed by atoms with Crippen LogP contribution < -0.4 is 5.32 Å². The van der Waals surface area contributed by atoms with Gasteiger partial charge in [-0.05, 0) is 25.1 Å². The molecule has 2 heterocycles. The summed E-state index contributed by atoms with van der Waals surface area (Å²) in [5, 5.41) is 11.5. The molecule has 0 atom stereocenters. The molecule has 106 valence electrons. The van der Waals surface area contributed by atoms with E-state index in [2.05, 4.69) is 27.1 Å². The van der Waals surface area contributed by atoms with E-state index < -0.39 is 0 Å². The lowest BCUT2D eigenvalue weighted by atomic mass is 10.1. The molecule has 1 amide bonds. The van der Waals surface area contributed by atoms with Gasteiger partial charge in [-0.25, -0.2) is 0 Å². The standard InChI is InChI=1S/C16H15N3O2/c1-12-10-14(5-8-18-12)19-16(21)15-6-7-17-11-13(15)4-2-3-9-20/h5-8,10-11,20H,3,9H2,1H3,(H,18,19,21). The predicted molar refractivity (Wildman–Crippen MR) is 79.7 cm³/mol. The molecule has 5 nitrogen and oxygen atoms in total. The highest BCUT2D eigenvalue weighted by molar-refractivity contribution is 6.05. The van der Waals surface area contributed by atoms with E-state index in [-0.39, 0.29) is 12.5 Å². The summed E-state index contributed by atoms with van der Waals surface area (Å²) in [7, 11) is 0.